The third-order valence-corrected chi connectivity index (χ3v) is 3.75. The van der Waals surface area contributed by atoms with Gasteiger partial charge in [0.2, 0.25) is 0 Å². The van der Waals surface area contributed by atoms with Crippen LogP contribution in [-0.4, -0.2) is 19.7 Å². The van der Waals surface area contributed by atoms with Crippen LogP contribution in [0.5, 0.6) is 0 Å². The fraction of sp³-hybridized carbons (Fsp3) is 0.500. The van der Waals surface area contributed by atoms with Crippen LogP contribution in [0.25, 0.3) is 11.4 Å². The van der Waals surface area contributed by atoms with E-state index in [0.717, 1.165) is 17.7 Å². The zero-order chi connectivity index (χ0) is 14.9. The average molecular weight is 339 g/mol. The van der Waals surface area contributed by atoms with E-state index in [0.29, 0.717) is 16.2 Å². The molecule has 2 aromatic heterocycles. The van der Waals surface area contributed by atoms with Gasteiger partial charge < -0.3 is 4.98 Å². The van der Waals surface area contributed by atoms with Crippen molar-refractivity contribution in [3.05, 3.63) is 32.9 Å². The van der Waals surface area contributed by atoms with E-state index in [1.54, 1.807) is 6.20 Å². The van der Waals surface area contributed by atoms with Gasteiger partial charge in [-0.3, -0.25) is 9.48 Å². The van der Waals surface area contributed by atoms with E-state index in [4.69, 9.17) is 0 Å². The second kappa shape index (κ2) is 5.91. The molecule has 2 heterocycles. The summed E-state index contributed by atoms with van der Waals surface area (Å²) < 4.78 is 2.37. The van der Waals surface area contributed by atoms with Crippen LogP contribution in [0.2, 0.25) is 0 Å². The second-order valence-corrected chi connectivity index (χ2v) is 6.37. The minimum absolute atomic E-state index is 0.150. The highest BCUT2D eigenvalue weighted by molar-refractivity contribution is 9.10. The highest BCUT2D eigenvalue weighted by Gasteiger charge is 2.13. The Morgan fingerprint density at radius 3 is 2.60 bits per heavy atom. The molecule has 0 bridgehead atoms. The van der Waals surface area contributed by atoms with Gasteiger partial charge in [-0.2, -0.15) is 5.10 Å². The quantitative estimate of drug-likeness (QED) is 0.931. The predicted molar refractivity (Wildman–Crippen MR) is 82.7 cm³/mol. The number of rotatable bonds is 4. The first-order valence-electron chi connectivity index (χ1n) is 6.71. The maximum atomic E-state index is 12.0. The molecule has 0 aliphatic rings. The molecule has 0 saturated carbocycles. The Hall–Kier alpha value is -1.43. The number of hydrogen-bond acceptors (Lipinski definition) is 3. The summed E-state index contributed by atoms with van der Waals surface area (Å²) in [5.74, 6) is 1.01. The number of halogens is 1. The van der Waals surface area contributed by atoms with Gasteiger partial charge in [0, 0.05) is 12.2 Å². The molecule has 0 aliphatic carbocycles. The minimum Gasteiger partial charge on any atom is -0.305 e. The molecule has 0 saturated heterocycles. The average Bonchev–Trinajstić information content (AvgIpc) is 2.83. The topological polar surface area (TPSA) is 63.6 Å². The van der Waals surface area contributed by atoms with Crippen molar-refractivity contribution in [3.8, 4) is 11.4 Å². The van der Waals surface area contributed by atoms with Crippen molar-refractivity contribution in [2.45, 2.75) is 40.2 Å². The first-order chi connectivity index (χ1) is 9.38. The van der Waals surface area contributed by atoms with Crippen molar-refractivity contribution < 1.29 is 0 Å². The summed E-state index contributed by atoms with van der Waals surface area (Å²) in [6.45, 7) is 8.31. The Labute approximate surface area is 126 Å². The molecule has 0 aliphatic heterocycles. The summed E-state index contributed by atoms with van der Waals surface area (Å²) >= 11 is 3.32. The normalized spacial score (nSPS) is 11.6. The van der Waals surface area contributed by atoms with Gasteiger partial charge in [0.25, 0.3) is 5.56 Å². The maximum absolute atomic E-state index is 12.0. The van der Waals surface area contributed by atoms with Crippen LogP contribution in [0, 0.1) is 5.92 Å². The molecular weight excluding hydrogens is 320 g/mol. The zero-order valence-corrected chi connectivity index (χ0v) is 13.7. The largest absolute Gasteiger partial charge is 0.305 e. The van der Waals surface area contributed by atoms with E-state index in [9.17, 15) is 4.79 Å². The SMILES string of the molecule is CC(C)Cc1nc(-c2cnn(C(C)C)c2)[nH]c(=O)c1Br. The van der Waals surface area contributed by atoms with E-state index in [1.165, 1.54) is 0 Å². The van der Waals surface area contributed by atoms with Crippen LogP contribution in [0.1, 0.15) is 39.4 Å². The van der Waals surface area contributed by atoms with Crippen molar-refractivity contribution in [1.82, 2.24) is 19.7 Å². The lowest BCUT2D eigenvalue weighted by Gasteiger charge is -2.08. The predicted octanol–water partition coefficient (Wildman–Crippen LogP) is 3.18. The van der Waals surface area contributed by atoms with Crippen molar-refractivity contribution in [2.75, 3.05) is 0 Å². The molecule has 6 heteroatoms. The number of aromatic nitrogens is 4. The number of hydrogen-bond donors (Lipinski definition) is 1. The van der Waals surface area contributed by atoms with E-state index >= 15 is 0 Å². The monoisotopic (exact) mass is 338 g/mol. The van der Waals surface area contributed by atoms with E-state index in [1.807, 2.05) is 10.9 Å². The van der Waals surface area contributed by atoms with Crippen LogP contribution in [0.4, 0.5) is 0 Å². The fourth-order valence-electron chi connectivity index (χ4n) is 1.91. The Morgan fingerprint density at radius 1 is 1.35 bits per heavy atom. The molecule has 0 amide bonds. The van der Waals surface area contributed by atoms with Gasteiger partial charge in [-0.15, -0.1) is 0 Å². The summed E-state index contributed by atoms with van der Waals surface area (Å²) in [5.41, 5.74) is 1.47. The molecule has 0 fully saturated rings. The van der Waals surface area contributed by atoms with E-state index in [2.05, 4.69) is 58.7 Å². The summed E-state index contributed by atoms with van der Waals surface area (Å²) in [6, 6.07) is 0.279. The Bertz CT molecular complexity index is 657. The Balaban J connectivity index is 2.46. The molecule has 1 N–H and O–H groups in total. The standard InChI is InChI=1S/C14H19BrN4O/c1-8(2)5-11-12(15)14(20)18-13(17-11)10-6-16-19(7-10)9(3)4/h6-9H,5H2,1-4H3,(H,17,18,20). The van der Waals surface area contributed by atoms with Gasteiger partial charge in [0.05, 0.1) is 17.5 Å². The van der Waals surface area contributed by atoms with Crippen molar-refractivity contribution in [2.24, 2.45) is 5.92 Å². The molecule has 0 spiro atoms. The zero-order valence-electron chi connectivity index (χ0n) is 12.1. The Morgan fingerprint density at radius 2 is 2.05 bits per heavy atom. The third-order valence-electron chi connectivity index (χ3n) is 2.94. The summed E-state index contributed by atoms with van der Waals surface area (Å²) in [5, 5.41) is 4.28. The maximum Gasteiger partial charge on any atom is 0.265 e. The molecule has 108 valence electrons. The summed E-state index contributed by atoms with van der Waals surface area (Å²) in [4.78, 5) is 19.3. The summed E-state index contributed by atoms with van der Waals surface area (Å²) in [7, 11) is 0. The van der Waals surface area contributed by atoms with Crippen LogP contribution < -0.4 is 5.56 Å². The van der Waals surface area contributed by atoms with Crippen LogP contribution >= 0.6 is 15.9 Å². The number of nitrogens with zero attached hydrogens (tertiary/aromatic N) is 3. The van der Waals surface area contributed by atoms with Gasteiger partial charge in [-0.25, -0.2) is 4.98 Å². The van der Waals surface area contributed by atoms with Gasteiger partial charge in [-0.1, -0.05) is 13.8 Å². The van der Waals surface area contributed by atoms with Crippen molar-refractivity contribution >= 4 is 15.9 Å². The molecule has 5 nitrogen and oxygen atoms in total. The minimum atomic E-state index is -0.150. The van der Waals surface area contributed by atoms with E-state index < -0.39 is 0 Å². The molecule has 0 aromatic carbocycles. The lowest BCUT2D eigenvalue weighted by atomic mass is 10.1. The molecule has 0 unspecified atom stereocenters. The molecule has 2 rings (SSSR count). The van der Waals surface area contributed by atoms with Gasteiger partial charge in [0.15, 0.2) is 0 Å². The number of nitrogens with one attached hydrogen (secondary N) is 1. The number of aromatic amines is 1. The first-order valence-corrected chi connectivity index (χ1v) is 7.51. The molecule has 0 atom stereocenters. The van der Waals surface area contributed by atoms with Crippen LogP contribution in [-0.2, 0) is 6.42 Å². The van der Waals surface area contributed by atoms with Crippen molar-refractivity contribution in [3.63, 3.8) is 0 Å². The van der Waals surface area contributed by atoms with Crippen LogP contribution in [0.15, 0.2) is 21.7 Å². The van der Waals surface area contributed by atoms with Gasteiger partial charge in [-0.05, 0) is 42.1 Å². The molecular formula is C14H19BrN4O. The number of H-pyrrole nitrogens is 1. The van der Waals surface area contributed by atoms with Crippen molar-refractivity contribution in [1.29, 1.82) is 0 Å². The van der Waals surface area contributed by atoms with Crippen LogP contribution in [0.3, 0.4) is 0 Å². The highest BCUT2D eigenvalue weighted by Crippen LogP contribution is 2.19. The lowest BCUT2D eigenvalue weighted by Crippen LogP contribution is -2.14. The highest BCUT2D eigenvalue weighted by atomic mass is 79.9. The third kappa shape index (κ3) is 3.17. The van der Waals surface area contributed by atoms with Gasteiger partial charge in [0.1, 0.15) is 10.3 Å². The molecule has 20 heavy (non-hydrogen) atoms. The smallest absolute Gasteiger partial charge is 0.265 e. The first kappa shape index (κ1) is 15.0. The Kier molecular flexibility index (Phi) is 4.42. The second-order valence-electron chi connectivity index (χ2n) is 5.58. The lowest BCUT2D eigenvalue weighted by molar-refractivity contribution is 0.532. The molecule has 0 radical (unpaired) electrons. The molecule has 2 aromatic rings. The van der Waals surface area contributed by atoms with E-state index in [-0.39, 0.29) is 11.6 Å². The van der Waals surface area contributed by atoms with Gasteiger partial charge >= 0.3 is 0 Å². The summed E-state index contributed by atoms with van der Waals surface area (Å²) in [6.07, 6.45) is 4.39. The fourth-order valence-corrected chi connectivity index (χ4v) is 2.26.